The van der Waals surface area contributed by atoms with Crippen LogP contribution in [0.1, 0.15) is 124 Å². The first-order valence-electron chi connectivity index (χ1n) is 18.7. The molecule has 341 valence electrons. The largest absolute Gasteiger partial charge is 0.507 e. The number of hydrazine groups is 1. The molecule has 0 atom stereocenters. The van der Waals surface area contributed by atoms with Gasteiger partial charge in [0.2, 0.25) is 0 Å². The smallest absolute Gasteiger partial charge is 0.417 e. The van der Waals surface area contributed by atoms with Crippen LogP contribution in [-0.4, -0.2) is 106 Å². The fraction of sp³-hybridized carbons (Fsp3) is 0.488. The Labute approximate surface area is 372 Å². The lowest BCUT2D eigenvalue weighted by Crippen LogP contribution is -2.19. The molecule has 0 saturated carbocycles. The van der Waals surface area contributed by atoms with E-state index < -0.39 is 28.6 Å². The topological polar surface area (TPSA) is 288 Å². The number of nitro groups is 1. The predicted octanol–water partition coefficient (Wildman–Crippen LogP) is 6.00. The molecule has 6 N–H and O–H groups in total. The van der Waals surface area contributed by atoms with Crippen LogP contribution in [0.5, 0.6) is 0 Å². The number of nitriles is 2. The molecule has 2 aromatic rings. The number of rotatable bonds is 7. The van der Waals surface area contributed by atoms with Crippen molar-refractivity contribution in [3.05, 3.63) is 87.0 Å². The van der Waals surface area contributed by atoms with Gasteiger partial charge >= 0.3 is 17.9 Å². The second-order valence-corrected chi connectivity index (χ2v) is 7.72. The van der Waals surface area contributed by atoms with Gasteiger partial charge in [-0.2, -0.15) is 10.5 Å². The van der Waals surface area contributed by atoms with E-state index in [1.54, 1.807) is 52.1 Å². The van der Waals surface area contributed by atoms with Gasteiger partial charge in [0.1, 0.15) is 5.76 Å². The maximum Gasteiger partial charge on any atom is 0.417 e. The first-order valence-corrected chi connectivity index (χ1v) is 18.7. The molecule has 0 fully saturated rings. The van der Waals surface area contributed by atoms with E-state index in [1.165, 1.54) is 38.2 Å². The van der Waals surface area contributed by atoms with Crippen LogP contribution in [0, 0.1) is 32.8 Å². The number of hydrogen-bond acceptors (Lipinski definition) is 16. The number of ether oxygens (including phenoxy) is 3. The summed E-state index contributed by atoms with van der Waals surface area (Å²) >= 11 is 0. The first kappa shape index (κ1) is 86.9. The molecule has 0 heterocycles. The highest BCUT2D eigenvalue weighted by Gasteiger charge is 2.15. The number of Topliss-reactive ketones (excluding diaryl/α,β-unsaturated/α-hetero) is 1. The Morgan fingerprint density at radius 1 is 0.672 bits per heavy atom. The number of aliphatic hydroxyl groups is 1. The minimum atomic E-state index is -1.02. The van der Waals surface area contributed by atoms with Gasteiger partial charge in [0.15, 0.2) is 12.8 Å². The summed E-state index contributed by atoms with van der Waals surface area (Å²) in [6.07, 6.45) is 0.791. The highest BCUT2D eigenvalue weighted by molar-refractivity contribution is 6.39. The second kappa shape index (κ2) is 75.1. The van der Waals surface area contributed by atoms with Crippen molar-refractivity contribution in [1.82, 2.24) is 5.43 Å². The summed E-state index contributed by atoms with van der Waals surface area (Å²) in [5.74, 6) is 0.470. The second-order valence-electron chi connectivity index (χ2n) is 7.72. The van der Waals surface area contributed by atoms with Gasteiger partial charge in [0.25, 0.3) is 5.78 Å². The fourth-order valence-corrected chi connectivity index (χ4v) is 2.34. The van der Waals surface area contributed by atoms with E-state index in [-0.39, 0.29) is 56.6 Å². The molecule has 0 amide bonds. The van der Waals surface area contributed by atoms with Gasteiger partial charge < -0.3 is 25.1 Å². The lowest BCUT2D eigenvalue weighted by Gasteiger charge is -2.00. The number of ketones is 2. The number of benzene rings is 2. The number of nitrogens with zero attached hydrogens (tertiary/aromatic N) is 3. The third-order valence-electron chi connectivity index (χ3n) is 4.19. The average Bonchev–Trinajstić information content (AvgIpc) is 3.26. The maximum atomic E-state index is 11.3. The van der Waals surface area contributed by atoms with Gasteiger partial charge in [-0.05, 0) is 78.2 Å². The molecule has 17 nitrogen and oxygen atoms in total. The van der Waals surface area contributed by atoms with Crippen LogP contribution in [0.4, 0.5) is 0 Å². The summed E-state index contributed by atoms with van der Waals surface area (Å²) in [5, 5.41) is 35.5. The van der Waals surface area contributed by atoms with Crippen molar-refractivity contribution in [2.75, 3.05) is 41.0 Å². The molecule has 20 heteroatoms. The molecular formula is C41H72B3N6O11. The molecule has 0 unspecified atom stereocenters. The van der Waals surface area contributed by atoms with E-state index in [4.69, 9.17) is 20.6 Å². The van der Waals surface area contributed by atoms with Gasteiger partial charge in [-0.1, -0.05) is 81.4 Å². The van der Waals surface area contributed by atoms with E-state index in [0.717, 1.165) is 13.1 Å². The molecule has 9 radical (unpaired) electrons. The Hall–Kier alpha value is -5.82. The number of hydrogen-bond donors (Lipinski definition) is 4. The lowest BCUT2D eigenvalue weighted by molar-refractivity contribution is -0.445. The van der Waals surface area contributed by atoms with E-state index in [2.05, 4.69) is 31.2 Å². The molecule has 0 saturated heterocycles. The Bertz CT molecular complexity index is 1380. The van der Waals surface area contributed by atoms with Crippen molar-refractivity contribution < 1.29 is 48.2 Å². The van der Waals surface area contributed by atoms with Crippen LogP contribution >= 0.6 is 0 Å². The van der Waals surface area contributed by atoms with Crippen molar-refractivity contribution in [2.45, 2.75) is 96.9 Å². The minimum absolute atomic E-state index is 0. The van der Waals surface area contributed by atoms with E-state index in [9.17, 15) is 29.1 Å². The molecule has 0 bridgehead atoms. The molecule has 0 aliphatic rings. The Balaban J connectivity index is -0.0000000492. The lowest BCUT2D eigenvalue weighted by atomic mass is 10.1. The van der Waals surface area contributed by atoms with Crippen LogP contribution in [0.2, 0.25) is 0 Å². The predicted molar refractivity (Wildman–Crippen MR) is 248 cm³/mol. The van der Waals surface area contributed by atoms with Crippen molar-refractivity contribution in [1.29, 1.82) is 10.5 Å². The highest BCUT2D eigenvalue weighted by atomic mass is 16.6. The zero-order chi connectivity index (χ0) is 48.1. The fourth-order valence-electron chi connectivity index (χ4n) is 2.34. The summed E-state index contributed by atoms with van der Waals surface area (Å²) in [6.45, 7) is 26.8. The molecular weight excluding hydrogens is 785 g/mol. The van der Waals surface area contributed by atoms with Gasteiger partial charge in [-0.15, -0.1) is 0 Å². The van der Waals surface area contributed by atoms with Crippen molar-refractivity contribution in [2.24, 2.45) is 11.6 Å². The number of carbonyl (C=O) groups excluding carboxylic acids is 5. The third-order valence-corrected chi connectivity index (χ3v) is 4.19. The molecule has 2 aromatic carbocycles. The van der Waals surface area contributed by atoms with E-state index >= 15 is 0 Å². The molecule has 2 rings (SSSR count). The van der Waals surface area contributed by atoms with Gasteiger partial charge in [0, 0.05) is 47.4 Å². The molecule has 0 aromatic heterocycles. The number of nitrogens with one attached hydrogen (secondary N) is 1. The molecule has 0 aliphatic carbocycles. The molecule has 0 aliphatic heterocycles. The van der Waals surface area contributed by atoms with Crippen LogP contribution in [0.15, 0.2) is 54.6 Å². The summed E-state index contributed by atoms with van der Waals surface area (Å²) in [4.78, 5) is 62.3. The van der Waals surface area contributed by atoms with Crippen molar-refractivity contribution in [3.8, 4) is 12.1 Å². The number of esters is 3. The standard InChI is InChI=1S/C13H11NO4.C9H7NO.C6H10O4.5C2H6.CH6N2.CH3NO2.CH5N.3B/c1-2-18-13(17)12(16)7-11(15)10-5-3-9(8-14)4-6-10;1-7(11)9-4-2-8(6-10)3-5-9;1-3-9-5(7)6(8)10-4-2;5*1-2;1-3-2;1-2(3)4;1-2;;;/h3-7,15H,2H2,1H3;2-5H,1H3;3-4H2,1-2H3;5*1-2H3;3H,2H2,1H3;1H3;2H2,1H3;;;. The number of carbonyl (C=O) groups is 5. The normalized spacial score (nSPS) is 7.39. The van der Waals surface area contributed by atoms with Crippen LogP contribution in [0.25, 0.3) is 5.76 Å². The van der Waals surface area contributed by atoms with Crippen LogP contribution < -0.4 is 17.0 Å². The Morgan fingerprint density at radius 2 is 0.902 bits per heavy atom. The highest BCUT2D eigenvalue weighted by Crippen LogP contribution is 2.12. The van der Waals surface area contributed by atoms with Crippen LogP contribution in [-0.2, 0) is 33.4 Å². The quantitative estimate of drug-likeness (QED) is 0.0237. The zero-order valence-electron chi connectivity index (χ0n) is 39.6. The Morgan fingerprint density at radius 3 is 1.11 bits per heavy atom. The summed E-state index contributed by atoms with van der Waals surface area (Å²) in [7, 11) is 4.04. The number of nitrogens with two attached hydrogens (primary N) is 2. The van der Waals surface area contributed by atoms with Crippen LogP contribution in [0.3, 0.4) is 0 Å². The third kappa shape index (κ3) is 66.3. The summed E-state index contributed by atoms with van der Waals surface area (Å²) in [5.41, 5.74) is 8.74. The molecule has 0 spiro atoms. The minimum Gasteiger partial charge on any atom is -0.507 e. The summed E-state index contributed by atoms with van der Waals surface area (Å²) in [6, 6.07) is 16.4. The maximum absolute atomic E-state index is 11.3. The average molecular weight is 857 g/mol. The zero-order valence-corrected chi connectivity index (χ0v) is 39.6. The first-order chi connectivity index (χ1) is 27.7. The Kier molecular flexibility index (Phi) is 107. The van der Waals surface area contributed by atoms with Crippen molar-refractivity contribution >= 4 is 60.5 Å². The van der Waals surface area contributed by atoms with E-state index in [1.807, 2.05) is 81.4 Å². The monoisotopic (exact) mass is 858 g/mol. The van der Waals surface area contributed by atoms with Crippen molar-refractivity contribution in [3.63, 3.8) is 0 Å². The van der Waals surface area contributed by atoms with Gasteiger partial charge in [-0.3, -0.25) is 31.0 Å². The number of aliphatic hydroxyl groups excluding tert-OH is 1. The SMILES string of the molecule is CC.CC.CC.CC.CC.CC(=O)c1ccc(C#N)cc1.CCOC(=O)C(=O)C=C(O)c1ccc(C#N)cc1.CCOC(=O)C(=O)OCC.CN.CNN.C[N+](=O)[O-].[B].[B].[B]. The summed E-state index contributed by atoms with van der Waals surface area (Å²) < 4.78 is 13.2. The van der Waals surface area contributed by atoms with Gasteiger partial charge in [-0.25, -0.2) is 14.4 Å². The molecule has 61 heavy (non-hydrogen) atoms. The van der Waals surface area contributed by atoms with E-state index in [0.29, 0.717) is 22.3 Å². The van der Waals surface area contributed by atoms with Gasteiger partial charge in [0.05, 0.1) is 43.1 Å².